The number of rotatable bonds is 5. The van der Waals surface area contributed by atoms with Crippen LogP contribution in [0.2, 0.25) is 0 Å². The molecule has 2 heterocycles. The highest BCUT2D eigenvalue weighted by Gasteiger charge is 2.36. The Morgan fingerprint density at radius 1 is 1.18 bits per heavy atom. The Bertz CT molecular complexity index is 914. The number of allylic oxidation sites excluding steroid dienone is 1. The summed E-state index contributed by atoms with van der Waals surface area (Å²) in [6.07, 6.45) is 0. The van der Waals surface area contributed by atoms with Crippen LogP contribution in [0.15, 0.2) is 46.3 Å². The van der Waals surface area contributed by atoms with Crippen LogP contribution in [-0.4, -0.2) is 29.0 Å². The van der Waals surface area contributed by atoms with Crippen LogP contribution in [0.4, 0.5) is 5.69 Å². The molecular weight excluding hydrogens is 386 g/mol. The molecule has 3 rings (SSSR count). The van der Waals surface area contributed by atoms with Gasteiger partial charge in [0, 0.05) is 24.5 Å². The number of carbonyl (C=O) groups excluding carboxylic acids is 1. The molecule has 1 aliphatic rings. The number of thiophene rings is 1. The first-order chi connectivity index (χ1) is 13.4. The Hall–Kier alpha value is -2.18. The van der Waals surface area contributed by atoms with Crippen molar-refractivity contribution in [2.45, 2.75) is 40.7 Å². The zero-order valence-corrected chi connectivity index (χ0v) is 18.7. The third-order valence-corrected chi connectivity index (χ3v) is 6.39. The fourth-order valence-corrected chi connectivity index (χ4v) is 4.61. The molecule has 0 saturated carbocycles. The number of carbonyl (C=O) groups is 1. The fourth-order valence-electron chi connectivity index (χ4n) is 3.57. The Balaban J connectivity index is 2.15. The third-order valence-electron chi connectivity index (χ3n) is 5.39. The standard InChI is InChI=1S/C22H27N3OS2/c1-6-24(7-2)21(26)19-16(5)25(18-9-8-14(3)15(4)12-18)22(27)23-20(19)17-10-11-28-13-17/h8-13,20H,6-7H2,1-5H3,(H,23,27). The van der Waals surface area contributed by atoms with Gasteiger partial charge in [-0.05, 0) is 92.5 Å². The number of amides is 1. The van der Waals surface area contributed by atoms with E-state index < -0.39 is 0 Å². The summed E-state index contributed by atoms with van der Waals surface area (Å²) in [5, 5.41) is 8.15. The van der Waals surface area contributed by atoms with Gasteiger partial charge in [0.2, 0.25) is 0 Å². The summed E-state index contributed by atoms with van der Waals surface area (Å²) in [7, 11) is 0. The second kappa shape index (κ2) is 8.45. The lowest BCUT2D eigenvalue weighted by Crippen LogP contribution is -2.49. The Labute approximate surface area is 176 Å². The number of nitrogens with one attached hydrogen (secondary N) is 1. The maximum absolute atomic E-state index is 13.4. The predicted octanol–water partition coefficient (Wildman–Crippen LogP) is 4.94. The van der Waals surface area contributed by atoms with Crippen LogP contribution >= 0.6 is 23.6 Å². The van der Waals surface area contributed by atoms with Gasteiger partial charge < -0.3 is 10.2 Å². The fraction of sp³-hybridized carbons (Fsp3) is 0.364. The minimum Gasteiger partial charge on any atom is -0.351 e. The summed E-state index contributed by atoms with van der Waals surface area (Å²) in [6.45, 7) is 11.6. The van der Waals surface area contributed by atoms with Crippen molar-refractivity contribution in [3.63, 3.8) is 0 Å². The zero-order valence-electron chi connectivity index (χ0n) is 17.1. The van der Waals surface area contributed by atoms with E-state index in [1.165, 1.54) is 11.1 Å². The maximum Gasteiger partial charge on any atom is 0.253 e. The van der Waals surface area contributed by atoms with E-state index in [0.29, 0.717) is 18.2 Å². The van der Waals surface area contributed by atoms with Gasteiger partial charge in [0.1, 0.15) is 0 Å². The highest BCUT2D eigenvalue weighted by atomic mass is 32.1. The van der Waals surface area contributed by atoms with Gasteiger partial charge in [0.05, 0.1) is 11.6 Å². The smallest absolute Gasteiger partial charge is 0.253 e. The van der Waals surface area contributed by atoms with Crippen molar-refractivity contribution >= 4 is 40.3 Å². The van der Waals surface area contributed by atoms with Gasteiger partial charge in [0.25, 0.3) is 5.91 Å². The zero-order chi connectivity index (χ0) is 20.4. The van der Waals surface area contributed by atoms with Gasteiger partial charge >= 0.3 is 0 Å². The molecule has 0 saturated heterocycles. The number of hydrogen-bond donors (Lipinski definition) is 1. The molecule has 4 nitrogen and oxygen atoms in total. The first-order valence-corrected chi connectivity index (χ1v) is 10.9. The van der Waals surface area contributed by atoms with Crippen molar-refractivity contribution < 1.29 is 4.79 Å². The number of hydrogen-bond acceptors (Lipinski definition) is 3. The molecule has 1 aromatic carbocycles. The van der Waals surface area contributed by atoms with E-state index in [-0.39, 0.29) is 11.9 Å². The van der Waals surface area contributed by atoms with Crippen LogP contribution < -0.4 is 10.2 Å². The molecule has 1 aliphatic heterocycles. The molecule has 1 amide bonds. The molecule has 0 aliphatic carbocycles. The summed E-state index contributed by atoms with van der Waals surface area (Å²) in [5.74, 6) is 0.0579. The van der Waals surface area contributed by atoms with Gasteiger partial charge in [-0.1, -0.05) is 6.07 Å². The van der Waals surface area contributed by atoms with Crippen molar-refractivity contribution in [2.75, 3.05) is 18.0 Å². The summed E-state index contributed by atoms with van der Waals surface area (Å²) in [6, 6.07) is 8.10. The quantitative estimate of drug-likeness (QED) is 0.704. The van der Waals surface area contributed by atoms with E-state index in [1.54, 1.807) is 11.3 Å². The minimum absolute atomic E-state index is 0.0579. The lowest BCUT2D eigenvalue weighted by Gasteiger charge is -2.39. The van der Waals surface area contributed by atoms with Crippen LogP contribution in [-0.2, 0) is 4.79 Å². The Morgan fingerprint density at radius 2 is 1.89 bits per heavy atom. The number of anilines is 1. The van der Waals surface area contributed by atoms with E-state index >= 15 is 0 Å². The largest absolute Gasteiger partial charge is 0.351 e. The van der Waals surface area contributed by atoms with E-state index in [9.17, 15) is 4.79 Å². The minimum atomic E-state index is -0.227. The van der Waals surface area contributed by atoms with Crippen molar-refractivity contribution in [1.29, 1.82) is 0 Å². The number of thiocarbonyl (C=S) groups is 1. The van der Waals surface area contributed by atoms with Crippen molar-refractivity contribution in [1.82, 2.24) is 10.2 Å². The highest BCUT2D eigenvalue weighted by Crippen LogP contribution is 2.35. The molecule has 1 unspecified atom stereocenters. The Kier molecular flexibility index (Phi) is 6.20. The van der Waals surface area contributed by atoms with Gasteiger partial charge in [0.15, 0.2) is 5.11 Å². The van der Waals surface area contributed by atoms with Gasteiger partial charge in [-0.15, -0.1) is 0 Å². The molecular formula is C22H27N3OS2. The van der Waals surface area contributed by atoms with E-state index in [4.69, 9.17) is 12.2 Å². The molecule has 1 aromatic heterocycles. The summed E-state index contributed by atoms with van der Waals surface area (Å²) < 4.78 is 0. The first-order valence-electron chi connectivity index (χ1n) is 9.59. The van der Waals surface area contributed by atoms with Crippen LogP contribution in [0.3, 0.4) is 0 Å². The summed E-state index contributed by atoms with van der Waals surface area (Å²) in [5.41, 5.74) is 6.13. The molecule has 1 N–H and O–H groups in total. The second-order valence-electron chi connectivity index (χ2n) is 7.02. The number of aryl methyl sites for hydroxylation is 2. The lowest BCUT2D eigenvalue weighted by atomic mass is 9.95. The van der Waals surface area contributed by atoms with Crippen LogP contribution in [0.5, 0.6) is 0 Å². The van der Waals surface area contributed by atoms with Crippen LogP contribution in [0, 0.1) is 13.8 Å². The Morgan fingerprint density at radius 3 is 2.46 bits per heavy atom. The summed E-state index contributed by atoms with van der Waals surface area (Å²) >= 11 is 7.36. The van der Waals surface area contributed by atoms with Crippen molar-refractivity contribution in [2.24, 2.45) is 0 Å². The van der Waals surface area contributed by atoms with Gasteiger partial charge in [-0.25, -0.2) is 0 Å². The average molecular weight is 414 g/mol. The number of nitrogens with zero attached hydrogens (tertiary/aromatic N) is 2. The van der Waals surface area contributed by atoms with E-state index in [1.807, 2.05) is 36.0 Å². The van der Waals surface area contributed by atoms with E-state index in [0.717, 1.165) is 22.5 Å². The molecule has 148 valence electrons. The van der Waals surface area contributed by atoms with Crippen LogP contribution in [0.25, 0.3) is 0 Å². The summed E-state index contributed by atoms with van der Waals surface area (Å²) in [4.78, 5) is 17.3. The molecule has 1 atom stereocenters. The van der Waals surface area contributed by atoms with Gasteiger partial charge in [-0.2, -0.15) is 11.3 Å². The first kappa shape index (κ1) is 20.6. The topological polar surface area (TPSA) is 35.6 Å². The normalized spacial score (nSPS) is 17.0. The molecule has 2 aromatic rings. The number of benzene rings is 1. The maximum atomic E-state index is 13.4. The van der Waals surface area contributed by atoms with Gasteiger partial charge in [-0.3, -0.25) is 9.69 Å². The van der Waals surface area contributed by atoms with Crippen LogP contribution in [0.1, 0.15) is 43.5 Å². The molecule has 0 spiro atoms. The monoisotopic (exact) mass is 413 g/mol. The lowest BCUT2D eigenvalue weighted by molar-refractivity contribution is -0.127. The average Bonchev–Trinajstić information content (AvgIpc) is 3.19. The number of likely N-dealkylation sites (N-methyl/N-ethyl adjacent to an activating group) is 1. The molecule has 0 bridgehead atoms. The molecule has 28 heavy (non-hydrogen) atoms. The van der Waals surface area contributed by atoms with Crippen molar-refractivity contribution in [3.05, 3.63) is 63.0 Å². The molecule has 6 heteroatoms. The van der Waals surface area contributed by atoms with Crippen molar-refractivity contribution in [3.8, 4) is 0 Å². The molecule has 0 radical (unpaired) electrons. The SMILES string of the molecule is CCN(CC)C(=O)C1=C(C)N(c2ccc(C)c(C)c2)C(=S)NC1c1ccsc1. The highest BCUT2D eigenvalue weighted by molar-refractivity contribution is 7.80. The van der Waals surface area contributed by atoms with E-state index in [2.05, 4.69) is 48.8 Å². The molecule has 0 fully saturated rings. The second-order valence-corrected chi connectivity index (χ2v) is 8.19. The third kappa shape index (κ3) is 3.71. The predicted molar refractivity (Wildman–Crippen MR) is 122 cm³/mol.